The van der Waals surface area contributed by atoms with E-state index in [-0.39, 0.29) is 17.9 Å². The van der Waals surface area contributed by atoms with Gasteiger partial charge in [-0.15, -0.1) is 0 Å². The fourth-order valence-corrected chi connectivity index (χ4v) is 2.52. The summed E-state index contributed by atoms with van der Waals surface area (Å²) in [4.78, 5) is 27.7. The molecule has 26 heavy (non-hydrogen) atoms. The molecular formula is C18H27FN4O3. The molecule has 3 amide bonds. The number of carbonyl (C=O) groups is 2. The number of piperazine rings is 1. The Bertz CT molecular complexity index is 608. The lowest BCUT2D eigenvalue weighted by Gasteiger charge is -2.35. The maximum absolute atomic E-state index is 12.8. The summed E-state index contributed by atoms with van der Waals surface area (Å²) in [6.45, 7) is 9.42. The van der Waals surface area contributed by atoms with Gasteiger partial charge in [0.2, 0.25) is 0 Å². The Labute approximate surface area is 153 Å². The molecule has 1 aliphatic heterocycles. The molecule has 1 fully saturated rings. The quantitative estimate of drug-likeness (QED) is 0.859. The van der Waals surface area contributed by atoms with Crippen molar-refractivity contribution in [1.82, 2.24) is 15.1 Å². The molecule has 1 heterocycles. The molecule has 0 saturated carbocycles. The third-order valence-electron chi connectivity index (χ3n) is 3.84. The van der Waals surface area contributed by atoms with E-state index in [0.717, 1.165) is 13.1 Å². The zero-order valence-electron chi connectivity index (χ0n) is 15.5. The predicted octanol–water partition coefficient (Wildman–Crippen LogP) is 2.50. The number of hydrogen-bond donors (Lipinski definition) is 2. The van der Waals surface area contributed by atoms with E-state index in [2.05, 4.69) is 15.5 Å². The van der Waals surface area contributed by atoms with E-state index in [0.29, 0.717) is 31.9 Å². The van der Waals surface area contributed by atoms with Crippen LogP contribution in [0.15, 0.2) is 24.3 Å². The Balaban J connectivity index is 1.63. The SMILES string of the molecule is CC(C)(C)OC(=O)N1CCN(CCNC(=O)Nc2ccc(F)cc2)CC1. The van der Waals surface area contributed by atoms with Crippen molar-refractivity contribution in [3.8, 4) is 0 Å². The molecule has 0 atom stereocenters. The summed E-state index contributed by atoms with van der Waals surface area (Å²) in [6.07, 6.45) is -0.283. The van der Waals surface area contributed by atoms with Crippen LogP contribution in [-0.2, 0) is 4.74 Å². The number of amides is 3. The van der Waals surface area contributed by atoms with Gasteiger partial charge in [-0.1, -0.05) is 0 Å². The van der Waals surface area contributed by atoms with Crippen LogP contribution in [0.5, 0.6) is 0 Å². The van der Waals surface area contributed by atoms with E-state index in [9.17, 15) is 14.0 Å². The number of ether oxygens (including phenoxy) is 1. The van der Waals surface area contributed by atoms with E-state index in [1.165, 1.54) is 24.3 Å². The monoisotopic (exact) mass is 366 g/mol. The summed E-state index contributed by atoms with van der Waals surface area (Å²) in [6, 6.07) is 5.26. The molecule has 0 bridgehead atoms. The molecule has 144 valence electrons. The minimum Gasteiger partial charge on any atom is -0.444 e. The first kappa shape index (κ1) is 20.0. The molecule has 0 aromatic heterocycles. The maximum atomic E-state index is 12.8. The van der Waals surface area contributed by atoms with Crippen LogP contribution in [0.3, 0.4) is 0 Å². The number of urea groups is 1. The van der Waals surface area contributed by atoms with Gasteiger partial charge in [-0.05, 0) is 45.0 Å². The van der Waals surface area contributed by atoms with Crippen LogP contribution in [0.1, 0.15) is 20.8 Å². The number of benzene rings is 1. The number of carbonyl (C=O) groups excluding carboxylic acids is 2. The van der Waals surface area contributed by atoms with Crippen molar-refractivity contribution in [3.05, 3.63) is 30.1 Å². The average molecular weight is 366 g/mol. The first-order valence-corrected chi connectivity index (χ1v) is 8.74. The Morgan fingerprint density at radius 2 is 1.73 bits per heavy atom. The first-order valence-electron chi connectivity index (χ1n) is 8.74. The van der Waals surface area contributed by atoms with Gasteiger partial charge in [0.25, 0.3) is 0 Å². The lowest BCUT2D eigenvalue weighted by Crippen LogP contribution is -2.51. The lowest BCUT2D eigenvalue weighted by molar-refractivity contribution is 0.0147. The van der Waals surface area contributed by atoms with Crippen LogP contribution in [0.2, 0.25) is 0 Å². The normalized spacial score (nSPS) is 15.5. The van der Waals surface area contributed by atoms with E-state index in [4.69, 9.17) is 4.74 Å². The fourth-order valence-electron chi connectivity index (χ4n) is 2.52. The smallest absolute Gasteiger partial charge is 0.410 e. The van der Waals surface area contributed by atoms with Crippen molar-refractivity contribution in [2.24, 2.45) is 0 Å². The Morgan fingerprint density at radius 1 is 1.12 bits per heavy atom. The Kier molecular flexibility index (Phi) is 6.79. The summed E-state index contributed by atoms with van der Waals surface area (Å²) in [5, 5.41) is 5.41. The van der Waals surface area contributed by atoms with Gasteiger partial charge in [-0.3, -0.25) is 4.90 Å². The van der Waals surface area contributed by atoms with E-state index >= 15 is 0 Å². The summed E-state index contributed by atoms with van der Waals surface area (Å²) < 4.78 is 18.2. The minimum absolute atomic E-state index is 0.283. The number of hydrogen-bond acceptors (Lipinski definition) is 4. The van der Waals surface area contributed by atoms with Crippen LogP contribution < -0.4 is 10.6 Å². The second kappa shape index (κ2) is 8.84. The molecule has 1 aromatic rings. The third kappa shape index (κ3) is 6.87. The highest BCUT2D eigenvalue weighted by Crippen LogP contribution is 2.12. The standard InChI is InChI=1S/C18H27FN4O3/c1-18(2,3)26-17(25)23-12-10-22(11-13-23)9-8-20-16(24)21-15-6-4-14(19)5-7-15/h4-7H,8-13H2,1-3H3,(H2,20,21,24). The van der Waals surface area contributed by atoms with E-state index in [1.54, 1.807) is 4.90 Å². The maximum Gasteiger partial charge on any atom is 0.410 e. The summed E-state index contributed by atoms with van der Waals surface area (Å²) >= 11 is 0. The number of anilines is 1. The van der Waals surface area contributed by atoms with Crippen molar-refractivity contribution in [2.45, 2.75) is 26.4 Å². The van der Waals surface area contributed by atoms with Crippen molar-refractivity contribution >= 4 is 17.8 Å². The van der Waals surface area contributed by atoms with Crippen LogP contribution in [0, 0.1) is 5.82 Å². The lowest BCUT2D eigenvalue weighted by atomic mass is 10.2. The second-order valence-corrected chi connectivity index (χ2v) is 7.20. The molecule has 0 radical (unpaired) electrons. The van der Waals surface area contributed by atoms with Crippen LogP contribution in [0.25, 0.3) is 0 Å². The molecule has 0 aliphatic carbocycles. The number of nitrogens with zero attached hydrogens (tertiary/aromatic N) is 2. The highest BCUT2D eigenvalue weighted by atomic mass is 19.1. The van der Waals surface area contributed by atoms with Crippen LogP contribution >= 0.6 is 0 Å². The molecule has 2 rings (SSSR count). The van der Waals surface area contributed by atoms with Gasteiger partial charge in [-0.2, -0.15) is 0 Å². The fraction of sp³-hybridized carbons (Fsp3) is 0.556. The van der Waals surface area contributed by atoms with Crippen molar-refractivity contribution in [3.63, 3.8) is 0 Å². The largest absolute Gasteiger partial charge is 0.444 e. The molecule has 8 heteroatoms. The first-order chi connectivity index (χ1) is 12.2. The molecule has 1 aliphatic rings. The third-order valence-corrected chi connectivity index (χ3v) is 3.84. The summed E-state index contributed by atoms with van der Waals surface area (Å²) in [5.74, 6) is -0.346. The van der Waals surface area contributed by atoms with Gasteiger partial charge in [0, 0.05) is 45.0 Å². The molecular weight excluding hydrogens is 339 g/mol. The second-order valence-electron chi connectivity index (χ2n) is 7.20. The Hall–Kier alpha value is -2.35. The summed E-state index contributed by atoms with van der Waals surface area (Å²) in [7, 11) is 0. The zero-order valence-corrected chi connectivity index (χ0v) is 15.5. The number of halogens is 1. The molecule has 7 nitrogen and oxygen atoms in total. The van der Waals surface area contributed by atoms with Gasteiger partial charge in [0.15, 0.2) is 0 Å². The minimum atomic E-state index is -0.490. The van der Waals surface area contributed by atoms with Gasteiger partial charge in [0.05, 0.1) is 0 Å². The number of nitrogens with one attached hydrogen (secondary N) is 2. The van der Waals surface area contributed by atoms with Crippen molar-refractivity contribution in [2.75, 3.05) is 44.6 Å². The van der Waals surface area contributed by atoms with Gasteiger partial charge >= 0.3 is 12.1 Å². The van der Waals surface area contributed by atoms with E-state index in [1.807, 2.05) is 20.8 Å². The molecule has 0 spiro atoms. The van der Waals surface area contributed by atoms with Gasteiger partial charge < -0.3 is 20.3 Å². The van der Waals surface area contributed by atoms with Crippen LogP contribution in [-0.4, -0.2) is 66.8 Å². The topological polar surface area (TPSA) is 73.9 Å². The average Bonchev–Trinajstić information content (AvgIpc) is 2.56. The Morgan fingerprint density at radius 3 is 2.31 bits per heavy atom. The van der Waals surface area contributed by atoms with Gasteiger partial charge in [-0.25, -0.2) is 14.0 Å². The van der Waals surface area contributed by atoms with Gasteiger partial charge in [0.1, 0.15) is 11.4 Å². The summed E-state index contributed by atoms with van der Waals surface area (Å²) in [5.41, 5.74) is 0.0469. The highest BCUT2D eigenvalue weighted by Gasteiger charge is 2.25. The van der Waals surface area contributed by atoms with Crippen molar-refractivity contribution < 1.29 is 18.7 Å². The number of rotatable bonds is 4. The predicted molar refractivity (Wildman–Crippen MR) is 97.7 cm³/mol. The zero-order chi connectivity index (χ0) is 19.2. The molecule has 1 aromatic carbocycles. The van der Waals surface area contributed by atoms with E-state index < -0.39 is 5.60 Å². The highest BCUT2D eigenvalue weighted by molar-refractivity contribution is 5.89. The molecule has 0 unspecified atom stereocenters. The molecule has 2 N–H and O–H groups in total. The molecule has 1 saturated heterocycles. The van der Waals surface area contributed by atoms with Crippen molar-refractivity contribution in [1.29, 1.82) is 0 Å². The van der Waals surface area contributed by atoms with Crippen LogP contribution in [0.4, 0.5) is 19.7 Å².